The number of carbonyl (C=O) groups excluding carboxylic acids is 1. The van der Waals surface area contributed by atoms with Crippen LogP contribution in [0.5, 0.6) is 0 Å². The average molecular weight is 330 g/mol. The van der Waals surface area contributed by atoms with Gasteiger partial charge in [-0.05, 0) is 31.2 Å². The van der Waals surface area contributed by atoms with E-state index in [1.165, 1.54) is 31.2 Å². The number of ether oxygens (including phenoxy) is 1. The summed E-state index contributed by atoms with van der Waals surface area (Å²) < 4.78 is 43.4. The van der Waals surface area contributed by atoms with Crippen LogP contribution in [0.15, 0.2) is 24.3 Å². The maximum Gasteiger partial charge on any atom is 0.246 e. The van der Waals surface area contributed by atoms with Crippen LogP contribution in [0.25, 0.3) is 0 Å². The minimum Gasteiger partial charge on any atom is -0.378 e. The van der Waals surface area contributed by atoms with Crippen molar-refractivity contribution in [3.63, 3.8) is 0 Å². The number of amides is 1. The average Bonchev–Trinajstić information content (AvgIpc) is 2.48. The lowest BCUT2D eigenvalue weighted by Gasteiger charge is -2.34. The summed E-state index contributed by atoms with van der Waals surface area (Å²) in [5, 5.41) is 0. The highest BCUT2D eigenvalue weighted by Crippen LogP contribution is 2.22. The van der Waals surface area contributed by atoms with Crippen molar-refractivity contribution in [1.29, 1.82) is 0 Å². The number of halogens is 1. The number of benzene rings is 1. The molecule has 1 aliphatic heterocycles. The van der Waals surface area contributed by atoms with Gasteiger partial charge in [-0.25, -0.2) is 12.8 Å². The van der Waals surface area contributed by atoms with E-state index in [2.05, 4.69) is 0 Å². The van der Waals surface area contributed by atoms with E-state index in [-0.39, 0.29) is 11.6 Å². The van der Waals surface area contributed by atoms with Crippen LogP contribution in [0.4, 0.5) is 10.1 Å². The molecule has 122 valence electrons. The van der Waals surface area contributed by atoms with Crippen LogP contribution in [0.1, 0.15) is 6.92 Å². The molecule has 1 fully saturated rings. The molecule has 2 rings (SSSR count). The lowest BCUT2D eigenvalue weighted by Crippen LogP contribution is -2.52. The summed E-state index contributed by atoms with van der Waals surface area (Å²) in [6.07, 6.45) is 1.03. The summed E-state index contributed by atoms with van der Waals surface area (Å²) in [7, 11) is -3.68. The molecule has 0 aromatic heterocycles. The van der Waals surface area contributed by atoms with Gasteiger partial charge in [0.05, 0.1) is 25.2 Å². The number of nitrogens with zero attached hydrogens (tertiary/aromatic N) is 2. The number of anilines is 1. The van der Waals surface area contributed by atoms with Crippen LogP contribution in [0.3, 0.4) is 0 Å². The zero-order valence-electron chi connectivity index (χ0n) is 12.5. The third-order valence-electron chi connectivity index (χ3n) is 3.47. The fourth-order valence-corrected chi connectivity index (χ4v) is 3.61. The molecule has 1 unspecified atom stereocenters. The Morgan fingerprint density at radius 2 is 1.82 bits per heavy atom. The van der Waals surface area contributed by atoms with Gasteiger partial charge in [0.2, 0.25) is 15.9 Å². The fraction of sp³-hybridized carbons (Fsp3) is 0.500. The Hall–Kier alpha value is -1.67. The van der Waals surface area contributed by atoms with Gasteiger partial charge in [-0.15, -0.1) is 0 Å². The number of carbonyl (C=O) groups is 1. The molecule has 0 bridgehead atoms. The third-order valence-corrected chi connectivity index (χ3v) is 4.71. The van der Waals surface area contributed by atoms with E-state index >= 15 is 0 Å². The Morgan fingerprint density at radius 1 is 1.27 bits per heavy atom. The van der Waals surface area contributed by atoms with Crippen molar-refractivity contribution in [2.45, 2.75) is 13.0 Å². The normalized spacial score (nSPS) is 17.1. The van der Waals surface area contributed by atoms with Crippen LogP contribution < -0.4 is 4.31 Å². The first kappa shape index (κ1) is 16.7. The van der Waals surface area contributed by atoms with Crippen LogP contribution >= 0.6 is 0 Å². The number of hydrogen-bond donors (Lipinski definition) is 0. The molecule has 0 spiro atoms. The van der Waals surface area contributed by atoms with Crippen molar-refractivity contribution in [1.82, 2.24) is 4.90 Å². The molecule has 0 radical (unpaired) electrons. The molecule has 6 nitrogen and oxygen atoms in total. The predicted octanol–water partition coefficient (Wildman–Crippen LogP) is 0.839. The number of rotatable bonds is 4. The Labute approximate surface area is 129 Å². The number of hydrogen-bond acceptors (Lipinski definition) is 4. The second-order valence-corrected chi connectivity index (χ2v) is 7.01. The predicted molar refractivity (Wildman–Crippen MR) is 80.6 cm³/mol. The molecule has 1 heterocycles. The minimum absolute atomic E-state index is 0.262. The molecule has 0 aliphatic carbocycles. The van der Waals surface area contributed by atoms with Gasteiger partial charge in [0, 0.05) is 13.1 Å². The summed E-state index contributed by atoms with van der Waals surface area (Å²) in [4.78, 5) is 14.1. The third kappa shape index (κ3) is 3.75. The molecule has 1 aromatic carbocycles. The minimum atomic E-state index is -3.68. The second kappa shape index (κ2) is 6.62. The van der Waals surface area contributed by atoms with E-state index in [1.807, 2.05) is 0 Å². The molecule has 1 amide bonds. The Kier molecular flexibility index (Phi) is 5.02. The molecule has 1 aliphatic rings. The molecular weight excluding hydrogens is 311 g/mol. The van der Waals surface area contributed by atoms with Crippen molar-refractivity contribution in [3.8, 4) is 0 Å². The van der Waals surface area contributed by atoms with Gasteiger partial charge in [-0.3, -0.25) is 9.10 Å². The van der Waals surface area contributed by atoms with E-state index in [9.17, 15) is 17.6 Å². The van der Waals surface area contributed by atoms with Crippen molar-refractivity contribution in [2.75, 3.05) is 36.9 Å². The van der Waals surface area contributed by atoms with Gasteiger partial charge >= 0.3 is 0 Å². The molecule has 0 N–H and O–H groups in total. The molecule has 1 aromatic rings. The van der Waals surface area contributed by atoms with Crippen LogP contribution in [0, 0.1) is 5.82 Å². The zero-order chi connectivity index (χ0) is 16.3. The van der Waals surface area contributed by atoms with Crippen LogP contribution in [-0.2, 0) is 19.6 Å². The zero-order valence-corrected chi connectivity index (χ0v) is 13.3. The van der Waals surface area contributed by atoms with Gasteiger partial charge in [0.1, 0.15) is 11.9 Å². The van der Waals surface area contributed by atoms with E-state index in [0.29, 0.717) is 26.3 Å². The second-order valence-electron chi connectivity index (χ2n) is 5.15. The first-order valence-electron chi connectivity index (χ1n) is 6.92. The molecule has 1 atom stereocenters. The van der Waals surface area contributed by atoms with Gasteiger partial charge in [0.15, 0.2) is 0 Å². The summed E-state index contributed by atoms with van der Waals surface area (Å²) in [5.74, 6) is -0.762. The summed E-state index contributed by atoms with van der Waals surface area (Å²) in [5.41, 5.74) is 0.262. The van der Waals surface area contributed by atoms with Crippen molar-refractivity contribution in [3.05, 3.63) is 30.1 Å². The van der Waals surface area contributed by atoms with Crippen LogP contribution in [-0.4, -0.2) is 57.8 Å². The highest BCUT2D eigenvalue weighted by Gasteiger charge is 2.32. The highest BCUT2D eigenvalue weighted by atomic mass is 32.2. The first-order valence-corrected chi connectivity index (χ1v) is 8.77. The quantitative estimate of drug-likeness (QED) is 0.820. The van der Waals surface area contributed by atoms with Gasteiger partial charge < -0.3 is 9.64 Å². The molecular formula is C14H19FN2O4S. The maximum absolute atomic E-state index is 13.0. The Balaban J connectivity index is 2.29. The lowest BCUT2D eigenvalue weighted by molar-refractivity contribution is -0.136. The van der Waals surface area contributed by atoms with E-state index in [4.69, 9.17) is 4.74 Å². The van der Waals surface area contributed by atoms with Crippen molar-refractivity contribution in [2.24, 2.45) is 0 Å². The number of sulfonamides is 1. The first-order chi connectivity index (χ1) is 10.3. The standard InChI is InChI=1S/C14H19FN2O4S/c1-11(14(18)16-7-9-21-10-8-16)17(22(2,19)20)13-5-3-12(15)4-6-13/h3-6,11H,7-10H2,1-2H3. The monoisotopic (exact) mass is 330 g/mol. The molecule has 22 heavy (non-hydrogen) atoms. The van der Waals surface area contributed by atoms with E-state index < -0.39 is 21.9 Å². The molecule has 1 saturated heterocycles. The fourth-order valence-electron chi connectivity index (χ4n) is 2.44. The topological polar surface area (TPSA) is 66.9 Å². The van der Waals surface area contributed by atoms with Crippen LogP contribution in [0.2, 0.25) is 0 Å². The Morgan fingerprint density at radius 3 is 2.32 bits per heavy atom. The highest BCUT2D eigenvalue weighted by molar-refractivity contribution is 7.92. The number of morpholine rings is 1. The Bertz CT molecular complexity index is 627. The van der Waals surface area contributed by atoms with Crippen molar-refractivity contribution < 1.29 is 22.3 Å². The van der Waals surface area contributed by atoms with Gasteiger partial charge in [-0.2, -0.15) is 0 Å². The lowest BCUT2D eigenvalue weighted by atomic mass is 10.2. The van der Waals surface area contributed by atoms with Gasteiger partial charge in [-0.1, -0.05) is 0 Å². The van der Waals surface area contributed by atoms with Gasteiger partial charge in [0.25, 0.3) is 0 Å². The maximum atomic E-state index is 13.0. The smallest absolute Gasteiger partial charge is 0.246 e. The summed E-state index contributed by atoms with van der Waals surface area (Å²) in [6, 6.07) is 4.12. The van der Waals surface area contributed by atoms with E-state index in [1.54, 1.807) is 4.90 Å². The summed E-state index contributed by atoms with van der Waals surface area (Å²) in [6.45, 7) is 3.28. The van der Waals surface area contributed by atoms with E-state index in [0.717, 1.165) is 10.6 Å². The largest absolute Gasteiger partial charge is 0.378 e. The molecule has 0 saturated carbocycles. The summed E-state index contributed by atoms with van der Waals surface area (Å²) >= 11 is 0. The SMILES string of the molecule is CC(C(=O)N1CCOCC1)N(c1ccc(F)cc1)S(C)(=O)=O. The van der Waals surface area contributed by atoms with Crippen molar-refractivity contribution >= 4 is 21.6 Å². The molecule has 8 heteroatoms.